The Bertz CT molecular complexity index is 593. The second kappa shape index (κ2) is 6.80. The number of methoxy groups -OCH3 is 2. The molecular formula is C16H20N2O3. The van der Waals surface area contributed by atoms with Gasteiger partial charge in [0.05, 0.1) is 19.9 Å². The van der Waals surface area contributed by atoms with Gasteiger partial charge in [-0.2, -0.15) is 5.26 Å². The molecule has 1 N–H and O–H groups in total. The third kappa shape index (κ3) is 4.25. The predicted molar refractivity (Wildman–Crippen MR) is 81.3 cm³/mol. The normalized spacial score (nSPS) is 11.5. The van der Waals surface area contributed by atoms with E-state index in [-0.39, 0.29) is 11.4 Å². The summed E-state index contributed by atoms with van der Waals surface area (Å²) in [4.78, 5) is 12.1. The van der Waals surface area contributed by atoms with Gasteiger partial charge >= 0.3 is 0 Å². The molecule has 0 saturated heterocycles. The van der Waals surface area contributed by atoms with Gasteiger partial charge in [0.25, 0.3) is 0 Å². The van der Waals surface area contributed by atoms with Crippen molar-refractivity contribution in [1.82, 2.24) is 0 Å². The average molecular weight is 288 g/mol. The number of anilines is 1. The lowest BCUT2D eigenvalue weighted by Gasteiger charge is -2.16. The maximum Gasteiger partial charge on any atom is 0.180 e. The molecule has 112 valence electrons. The van der Waals surface area contributed by atoms with Crippen molar-refractivity contribution in [2.75, 3.05) is 19.5 Å². The van der Waals surface area contributed by atoms with Crippen LogP contribution in [0.25, 0.3) is 0 Å². The number of rotatable bonds is 5. The molecule has 0 aliphatic heterocycles. The molecule has 0 aromatic heterocycles. The summed E-state index contributed by atoms with van der Waals surface area (Å²) in [5, 5.41) is 12.1. The number of carbonyl (C=O) groups excluding carboxylic acids is 1. The van der Waals surface area contributed by atoms with Gasteiger partial charge in [-0.25, -0.2) is 0 Å². The number of hydrogen-bond acceptors (Lipinski definition) is 5. The van der Waals surface area contributed by atoms with Crippen LogP contribution in [0.3, 0.4) is 0 Å². The van der Waals surface area contributed by atoms with Crippen molar-refractivity contribution in [1.29, 1.82) is 5.26 Å². The Labute approximate surface area is 125 Å². The highest BCUT2D eigenvalue weighted by Crippen LogP contribution is 2.29. The summed E-state index contributed by atoms with van der Waals surface area (Å²) >= 11 is 0. The van der Waals surface area contributed by atoms with Crippen molar-refractivity contribution < 1.29 is 14.3 Å². The molecule has 0 amide bonds. The average Bonchev–Trinajstić information content (AvgIpc) is 2.46. The molecule has 0 radical (unpaired) electrons. The number of carbonyl (C=O) groups is 1. The molecule has 0 fully saturated rings. The van der Waals surface area contributed by atoms with E-state index in [1.165, 1.54) is 6.20 Å². The van der Waals surface area contributed by atoms with Gasteiger partial charge in [-0.1, -0.05) is 20.8 Å². The molecule has 1 aromatic carbocycles. The van der Waals surface area contributed by atoms with Crippen LogP contribution in [0.5, 0.6) is 11.5 Å². The second-order valence-corrected chi connectivity index (χ2v) is 5.46. The maximum absolute atomic E-state index is 12.1. The fourth-order valence-electron chi connectivity index (χ4n) is 1.63. The fourth-order valence-corrected chi connectivity index (χ4v) is 1.63. The van der Waals surface area contributed by atoms with Gasteiger partial charge in [-0.3, -0.25) is 4.79 Å². The number of ether oxygens (including phenoxy) is 2. The number of allylic oxidation sites excluding steroid dienone is 1. The maximum atomic E-state index is 12.1. The monoisotopic (exact) mass is 288 g/mol. The Morgan fingerprint density at radius 2 is 1.95 bits per heavy atom. The highest BCUT2D eigenvalue weighted by molar-refractivity contribution is 6.02. The van der Waals surface area contributed by atoms with Crippen molar-refractivity contribution in [3.8, 4) is 17.6 Å². The first-order valence-corrected chi connectivity index (χ1v) is 6.47. The number of nitrogens with one attached hydrogen (secondary N) is 1. The van der Waals surface area contributed by atoms with Gasteiger partial charge in [-0.15, -0.1) is 0 Å². The predicted octanol–water partition coefficient (Wildman–Crippen LogP) is 3.14. The van der Waals surface area contributed by atoms with Crippen LogP contribution in [0.2, 0.25) is 0 Å². The van der Waals surface area contributed by atoms with E-state index in [4.69, 9.17) is 14.7 Å². The molecule has 0 spiro atoms. The fraction of sp³-hybridized carbons (Fsp3) is 0.375. The first-order chi connectivity index (χ1) is 9.83. The molecule has 0 unspecified atom stereocenters. The zero-order valence-corrected chi connectivity index (χ0v) is 13.0. The molecule has 1 aromatic rings. The molecule has 0 atom stereocenters. The van der Waals surface area contributed by atoms with E-state index in [2.05, 4.69) is 5.32 Å². The Morgan fingerprint density at radius 3 is 2.43 bits per heavy atom. The molecule has 1 rings (SSSR count). The minimum atomic E-state index is -0.609. The molecular weight excluding hydrogens is 268 g/mol. The van der Waals surface area contributed by atoms with Crippen LogP contribution in [0, 0.1) is 16.7 Å². The minimum absolute atomic E-state index is 0.0624. The molecule has 5 heteroatoms. The van der Waals surface area contributed by atoms with Crippen LogP contribution in [-0.4, -0.2) is 20.0 Å². The molecule has 21 heavy (non-hydrogen) atoms. The highest BCUT2D eigenvalue weighted by atomic mass is 16.5. The van der Waals surface area contributed by atoms with Gasteiger partial charge in [0.1, 0.15) is 23.1 Å². The van der Waals surface area contributed by atoms with Gasteiger partial charge in [0.15, 0.2) is 5.78 Å². The van der Waals surface area contributed by atoms with Crippen molar-refractivity contribution in [3.63, 3.8) is 0 Å². The third-order valence-electron chi connectivity index (χ3n) is 2.82. The summed E-state index contributed by atoms with van der Waals surface area (Å²) in [5.74, 6) is 1.01. The lowest BCUT2D eigenvalue weighted by Crippen LogP contribution is -2.22. The molecule has 0 saturated carbocycles. The van der Waals surface area contributed by atoms with Crippen molar-refractivity contribution in [2.45, 2.75) is 20.8 Å². The summed E-state index contributed by atoms with van der Waals surface area (Å²) in [6.07, 6.45) is 1.39. The van der Waals surface area contributed by atoms with E-state index in [9.17, 15) is 4.79 Å². The Hall–Kier alpha value is -2.48. The largest absolute Gasteiger partial charge is 0.497 e. The number of nitriles is 1. The number of ketones is 1. The summed E-state index contributed by atoms with van der Waals surface area (Å²) in [5.41, 5.74) is 0.0699. The smallest absolute Gasteiger partial charge is 0.180 e. The van der Waals surface area contributed by atoms with E-state index in [1.807, 2.05) is 6.07 Å². The van der Waals surface area contributed by atoms with E-state index < -0.39 is 5.41 Å². The molecule has 0 bridgehead atoms. The summed E-state index contributed by atoms with van der Waals surface area (Å²) in [7, 11) is 3.10. The Morgan fingerprint density at radius 1 is 1.29 bits per heavy atom. The first-order valence-electron chi connectivity index (χ1n) is 6.47. The van der Waals surface area contributed by atoms with Crippen molar-refractivity contribution in [3.05, 3.63) is 30.0 Å². The standard InChI is InChI=1S/C16H20N2O3/c1-16(2,3)15(19)11(9-17)10-18-13-8-12(20-4)6-7-14(13)21-5/h6-8,10,18H,1-5H3. The van der Waals surface area contributed by atoms with Crippen LogP contribution in [-0.2, 0) is 4.79 Å². The summed E-state index contributed by atoms with van der Waals surface area (Å²) in [6.45, 7) is 5.31. The van der Waals surface area contributed by atoms with E-state index >= 15 is 0 Å². The summed E-state index contributed by atoms with van der Waals surface area (Å²) in [6, 6.07) is 7.16. The van der Waals surface area contributed by atoms with Gasteiger partial charge in [0, 0.05) is 17.7 Å². The molecule has 0 aliphatic carbocycles. The zero-order chi connectivity index (χ0) is 16.0. The minimum Gasteiger partial charge on any atom is -0.497 e. The van der Waals surface area contributed by atoms with Gasteiger partial charge in [-0.05, 0) is 12.1 Å². The Kier molecular flexibility index (Phi) is 5.37. The quantitative estimate of drug-likeness (QED) is 0.665. The van der Waals surface area contributed by atoms with Gasteiger partial charge in [0.2, 0.25) is 0 Å². The first kappa shape index (κ1) is 16.6. The van der Waals surface area contributed by atoms with Crippen LogP contribution >= 0.6 is 0 Å². The van der Waals surface area contributed by atoms with Crippen LogP contribution < -0.4 is 14.8 Å². The Balaban J connectivity index is 3.07. The highest BCUT2D eigenvalue weighted by Gasteiger charge is 2.25. The number of benzene rings is 1. The van der Waals surface area contributed by atoms with Crippen LogP contribution in [0.1, 0.15) is 20.8 Å². The van der Waals surface area contributed by atoms with Crippen molar-refractivity contribution >= 4 is 11.5 Å². The lowest BCUT2D eigenvalue weighted by atomic mass is 9.87. The zero-order valence-electron chi connectivity index (χ0n) is 13.0. The number of hydrogen-bond donors (Lipinski definition) is 1. The van der Waals surface area contributed by atoms with Gasteiger partial charge < -0.3 is 14.8 Å². The van der Waals surface area contributed by atoms with Crippen molar-refractivity contribution in [2.24, 2.45) is 5.41 Å². The number of Topliss-reactive ketones (excluding diaryl/α,β-unsaturated/α-hetero) is 1. The second-order valence-electron chi connectivity index (χ2n) is 5.46. The van der Waals surface area contributed by atoms with E-state index in [0.717, 1.165) is 0 Å². The number of nitrogens with zero attached hydrogens (tertiary/aromatic N) is 1. The molecule has 5 nitrogen and oxygen atoms in total. The third-order valence-corrected chi connectivity index (χ3v) is 2.82. The topological polar surface area (TPSA) is 71.3 Å². The van der Waals surface area contributed by atoms with E-state index in [0.29, 0.717) is 17.2 Å². The van der Waals surface area contributed by atoms with Crippen LogP contribution in [0.4, 0.5) is 5.69 Å². The SMILES string of the molecule is COc1ccc(OC)c(NC=C(C#N)C(=O)C(C)(C)C)c1. The summed E-state index contributed by atoms with van der Waals surface area (Å²) < 4.78 is 10.4. The van der Waals surface area contributed by atoms with E-state index in [1.54, 1.807) is 53.2 Å². The molecule has 0 heterocycles. The molecule has 0 aliphatic rings. The van der Waals surface area contributed by atoms with Crippen LogP contribution in [0.15, 0.2) is 30.0 Å². The lowest BCUT2D eigenvalue weighted by molar-refractivity contribution is -0.122.